The molecule has 4 heterocycles. The Morgan fingerprint density at radius 2 is 1.82 bits per heavy atom. The molecule has 1 aliphatic heterocycles. The Balaban J connectivity index is 1.63. The van der Waals surface area contributed by atoms with Gasteiger partial charge in [-0.3, -0.25) is 19.0 Å². The molecule has 0 bridgehead atoms. The quantitative estimate of drug-likeness (QED) is 0.491. The molecule has 2 N–H and O–H groups in total. The summed E-state index contributed by atoms with van der Waals surface area (Å²) in [6, 6.07) is 6.17. The Hall–Kier alpha value is -3.44. The van der Waals surface area contributed by atoms with Crippen molar-refractivity contribution in [3.8, 4) is 11.1 Å². The van der Waals surface area contributed by atoms with Gasteiger partial charge in [-0.1, -0.05) is 6.07 Å². The molecular formula is C23H23F3N6O2. The van der Waals surface area contributed by atoms with Crippen LogP contribution in [0.5, 0.6) is 0 Å². The molecule has 178 valence electrons. The molecule has 0 spiro atoms. The van der Waals surface area contributed by atoms with Crippen molar-refractivity contribution in [1.29, 1.82) is 0 Å². The van der Waals surface area contributed by atoms with E-state index >= 15 is 0 Å². The van der Waals surface area contributed by atoms with Crippen LogP contribution in [0.25, 0.3) is 33.1 Å². The van der Waals surface area contributed by atoms with E-state index in [2.05, 4.69) is 14.9 Å². The number of ether oxygens (including phenoxy) is 1. The Labute approximate surface area is 192 Å². The van der Waals surface area contributed by atoms with E-state index in [1.54, 1.807) is 40.6 Å². The van der Waals surface area contributed by atoms with Crippen LogP contribution in [-0.2, 0) is 24.5 Å². The molecule has 4 aromatic rings. The van der Waals surface area contributed by atoms with E-state index in [4.69, 9.17) is 10.5 Å². The summed E-state index contributed by atoms with van der Waals surface area (Å²) in [5.74, 6) is -0.568. The first-order valence-corrected chi connectivity index (χ1v) is 10.8. The first kappa shape index (κ1) is 22.4. The van der Waals surface area contributed by atoms with Crippen molar-refractivity contribution in [3.63, 3.8) is 0 Å². The maximum atomic E-state index is 13.4. The van der Waals surface area contributed by atoms with Gasteiger partial charge >= 0.3 is 11.9 Å². The summed E-state index contributed by atoms with van der Waals surface area (Å²) in [6.45, 7) is 4.09. The number of rotatable bonds is 4. The molecule has 0 unspecified atom stereocenters. The van der Waals surface area contributed by atoms with Crippen molar-refractivity contribution >= 4 is 27.8 Å². The summed E-state index contributed by atoms with van der Waals surface area (Å²) in [5.41, 5.74) is 7.10. The number of morpholine rings is 1. The lowest BCUT2D eigenvalue weighted by Crippen LogP contribution is -2.39. The zero-order chi connectivity index (χ0) is 24.0. The highest BCUT2D eigenvalue weighted by Gasteiger charge is 2.34. The Morgan fingerprint density at radius 1 is 1.06 bits per heavy atom. The Bertz CT molecular complexity index is 1440. The van der Waals surface area contributed by atoms with Crippen LogP contribution in [0.15, 0.2) is 41.5 Å². The standard InChI is InChI=1S/C23H23F3N6O2/c1-30-19-13-28-18-3-2-14(15-11-17(23(24,25)26)21(27)29-12-15)10-16(18)20(19)32(22(30)33)5-4-31-6-8-34-9-7-31/h2-3,10-13H,4-9H2,1H3,(H2,27,29). The number of hydrogen-bond acceptors (Lipinski definition) is 6. The third-order valence-electron chi connectivity index (χ3n) is 6.27. The predicted molar refractivity (Wildman–Crippen MR) is 122 cm³/mol. The number of nitrogens with zero attached hydrogens (tertiary/aromatic N) is 5. The summed E-state index contributed by atoms with van der Waals surface area (Å²) < 4.78 is 48.7. The van der Waals surface area contributed by atoms with Gasteiger partial charge < -0.3 is 10.5 Å². The molecule has 0 aliphatic carbocycles. The van der Waals surface area contributed by atoms with Crippen LogP contribution < -0.4 is 11.4 Å². The molecular weight excluding hydrogens is 449 g/mol. The molecule has 0 radical (unpaired) electrons. The molecule has 1 saturated heterocycles. The molecule has 11 heteroatoms. The number of anilines is 1. The number of hydrogen-bond donors (Lipinski definition) is 1. The minimum absolute atomic E-state index is 0.170. The van der Waals surface area contributed by atoms with Crippen LogP contribution in [0.4, 0.5) is 19.0 Å². The number of imidazole rings is 1. The molecule has 3 aromatic heterocycles. The number of benzene rings is 1. The molecule has 8 nitrogen and oxygen atoms in total. The van der Waals surface area contributed by atoms with E-state index in [1.165, 1.54) is 6.20 Å². The van der Waals surface area contributed by atoms with Crippen LogP contribution >= 0.6 is 0 Å². The molecule has 0 saturated carbocycles. The molecule has 1 aliphatic rings. The van der Waals surface area contributed by atoms with Crippen LogP contribution in [-0.4, -0.2) is 56.9 Å². The third kappa shape index (κ3) is 3.90. The van der Waals surface area contributed by atoms with Crippen molar-refractivity contribution in [2.75, 3.05) is 38.6 Å². The second-order valence-corrected chi connectivity index (χ2v) is 8.33. The van der Waals surface area contributed by atoms with E-state index in [-0.39, 0.29) is 11.3 Å². The lowest BCUT2D eigenvalue weighted by Gasteiger charge is -2.26. The monoisotopic (exact) mass is 472 g/mol. The zero-order valence-corrected chi connectivity index (χ0v) is 18.5. The molecule has 1 fully saturated rings. The van der Waals surface area contributed by atoms with E-state index in [1.807, 2.05) is 0 Å². The maximum Gasteiger partial charge on any atom is 0.419 e. The number of halogens is 3. The first-order valence-electron chi connectivity index (χ1n) is 10.8. The fourth-order valence-electron chi connectivity index (χ4n) is 4.39. The van der Waals surface area contributed by atoms with Gasteiger partial charge in [0.05, 0.1) is 41.5 Å². The van der Waals surface area contributed by atoms with Crippen LogP contribution in [0.1, 0.15) is 5.56 Å². The summed E-state index contributed by atoms with van der Waals surface area (Å²) in [4.78, 5) is 23.5. The second kappa shape index (κ2) is 8.41. The molecule has 1 aromatic carbocycles. The number of aryl methyl sites for hydroxylation is 1. The average molecular weight is 472 g/mol. The number of alkyl halides is 3. The lowest BCUT2D eigenvalue weighted by atomic mass is 10.0. The van der Waals surface area contributed by atoms with Gasteiger partial charge in [0.2, 0.25) is 0 Å². The highest BCUT2D eigenvalue weighted by atomic mass is 19.4. The van der Waals surface area contributed by atoms with E-state index in [0.29, 0.717) is 53.8 Å². The predicted octanol–water partition coefficient (Wildman–Crippen LogP) is 2.88. The van der Waals surface area contributed by atoms with Crippen molar-refractivity contribution in [2.24, 2.45) is 7.05 Å². The zero-order valence-electron chi connectivity index (χ0n) is 18.5. The number of nitrogens with two attached hydrogens (primary N) is 1. The fraction of sp³-hybridized carbons (Fsp3) is 0.348. The smallest absolute Gasteiger partial charge is 0.383 e. The average Bonchev–Trinajstić information content (AvgIpc) is 3.07. The minimum atomic E-state index is -4.61. The van der Waals surface area contributed by atoms with Gasteiger partial charge in [-0.2, -0.15) is 13.2 Å². The molecule has 0 atom stereocenters. The number of aromatic nitrogens is 4. The highest BCUT2D eigenvalue weighted by molar-refractivity contribution is 6.04. The van der Waals surface area contributed by atoms with Crippen LogP contribution in [0.3, 0.4) is 0 Å². The van der Waals surface area contributed by atoms with E-state index in [9.17, 15) is 18.0 Å². The Kier molecular flexibility index (Phi) is 5.53. The molecule has 34 heavy (non-hydrogen) atoms. The Morgan fingerprint density at radius 3 is 2.56 bits per heavy atom. The second-order valence-electron chi connectivity index (χ2n) is 8.33. The van der Waals surface area contributed by atoms with Gasteiger partial charge in [-0.05, 0) is 23.8 Å². The minimum Gasteiger partial charge on any atom is -0.383 e. The fourth-order valence-corrected chi connectivity index (χ4v) is 4.39. The number of nitrogen functional groups attached to an aromatic ring is 1. The summed E-state index contributed by atoms with van der Waals surface area (Å²) in [6.07, 6.45) is -1.65. The van der Waals surface area contributed by atoms with Crippen LogP contribution in [0, 0.1) is 0 Å². The summed E-state index contributed by atoms with van der Waals surface area (Å²) in [7, 11) is 1.69. The van der Waals surface area contributed by atoms with Gasteiger partial charge in [-0.15, -0.1) is 0 Å². The number of pyridine rings is 2. The van der Waals surface area contributed by atoms with Crippen molar-refractivity contribution in [2.45, 2.75) is 12.7 Å². The largest absolute Gasteiger partial charge is 0.419 e. The van der Waals surface area contributed by atoms with Crippen molar-refractivity contribution < 1.29 is 17.9 Å². The highest BCUT2D eigenvalue weighted by Crippen LogP contribution is 2.36. The third-order valence-corrected chi connectivity index (χ3v) is 6.27. The normalized spacial score (nSPS) is 15.4. The number of fused-ring (bicyclic) bond motifs is 3. The topological polar surface area (TPSA) is 91.2 Å². The van der Waals surface area contributed by atoms with Gasteiger partial charge in [0.15, 0.2) is 0 Å². The van der Waals surface area contributed by atoms with Crippen molar-refractivity contribution in [1.82, 2.24) is 24.0 Å². The van der Waals surface area contributed by atoms with Crippen molar-refractivity contribution in [3.05, 3.63) is 52.7 Å². The van der Waals surface area contributed by atoms with Gasteiger partial charge in [0.1, 0.15) is 5.82 Å². The first-order chi connectivity index (χ1) is 16.2. The van der Waals surface area contributed by atoms with E-state index in [0.717, 1.165) is 19.2 Å². The summed E-state index contributed by atoms with van der Waals surface area (Å²) in [5, 5.41) is 0.681. The molecule has 5 rings (SSSR count). The van der Waals surface area contributed by atoms with Gasteiger partial charge in [0, 0.05) is 50.4 Å². The SMILES string of the molecule is Cn1c(=O)n(CCN2CCOCC2)c2c3cc(-c4cnc(N)c(C(F)(F)F)c4)ccc3ncc21. The van der Waals surface area contributed by atoms with Gasteiger partial charge in [-0.25, -0.2) is 9.78 Å². The lowest BCUT2D eigenvalue weighted by molar-refractivity contribution is -0.137. The van der Waals surface area contributed by atoms with Crippen LogP contribution in [0.2, 0.25) is 0 Å². The molecule has 0 amide bonds. The van der Waals surface area contributed by atoms with E-state index < -0.39 is 17.6 Å². The summed E-state index contributed by atoms with van der Waals surface area (Å²) >= 11 is 0. The maximum absolute atomic E-state index is 13.4. The van der Waals surface area contributed by atoms with Gasteiger partial charge in [0.25, 0.3) is 0 Å².